The zero-order valence-electron chi connectivity index (χ0n) is 5.40. The maximum Gasteiger partial charge on any atom is 0.209 e. The van der Waals surface area contributed by atoms with Crippen molar-refractivity contribution in [1.29, 1.82) is 0 Å². The Bertz CT molecular complexity index is 80.5. The second kappa shape index (κ2) is 3.22. The van der Waals surface area contributed by atoms with Crippen LogP contribution in [0.3, 0.4) is 0 Å². The van der Waals surface area contributed by atoms with Crippen LogP contribution in [0.2, 0.25) is 13.1 Å². The van der Waals surface area contributed by atoms with E-state index in [-0.39, 0.29) is 0 Å². The Labute approximate surface area is 55.3 Å². The van der Waals surface area contributed by atoms with E-state index in [2.05, 4.69) is 29.9 Å². The zero-order chi connectivity index (χ0) is 6.62. The third-order valence-electron chi connectivity index (χ3n) is 0.936. The second-order valence-corrected chi connectivity index (χ2v) is 6.29. The third kappa shape index (κ3) is 3.18. The van der Waals surface area contributed by atoms with Gasteiger partial charge in [0.1, 0.15) is 0 Å². The predicted octanol–water partition coefficient (Wildman–Crippen LogP) is 1.06. The third-order valence-corrected chi connectivity index (χ3v) is 3.24. The Kier molecular flexibility index (Phi) is 3.27. The van der Waals surface area contributed by atoms with E-state index in [1.54, 1.807) is 0 Å². The summed E-state index contributed by atoms with van der Waals surface area (Å²) in [6, 6.07) is 0. The molecule has 0 aromatic carbocycles. The van der Waals surface area contributed by atoms with Crippen molar-refractivity contribution in [2.24, 2.45) is 0 Å². The minimum absolute atomic E-state index is 0.616. The SMILES string of the molecule is C=C[Si](C)(C)OC[Si]. The van der Waals surface area contributed by atoms with E-state index in [9.17, 15) is 0 Å². The Morgan fingerprint density at radius 2 is 2.25 bits per heavy atom. The standard InChI is InChI=1S/C5H11OSi2/c1-4-8(2,3)6-5-7/h4H,1,5H2,2-3H3. The van der Waals surface area contributed by atoms with Gasteiger partial charge in [-0.3, -0.25) is 0 Å². The molecule has 0 aromatic rings. The maximum atomic E-state index is 5.31. The van der Waals surface area contributed by atoms with Crippen molar-refractivity contribution in [3.05, 3.63) is 12.3 Å². The van der Waals surface area contributed by atoms with Gasteiger partial charge >= 0.3 is 0 Å². The van der Waals surface area contributed by atoms with Crippen molar-refractivity contribution in [3.63, 3.8) is 0 Å². The minimum Gasteiger partial charge on any atom is -0.418 e. The summed E-state index contributed by atoms with van der Waals surface area (Å²) in [6.45, 7) is 7.86. The van der Waals surface area contributed by atoms with Crippen LogP contribution >= 0.6 is 0 Å². The average Bonchev–Trinajstić information content (AvgIpc) is 1.67. The van der Waals surface area contributed by atoms with Crippen LogP contribution in [0.4, 0.5) is 0 Å². The van der Waals surface area contributed by atoms with E-state index < -0.39 is 8.32 Å². The van der Waals surface area contributed by atoms with Crippen LogP contribution in [0, 0.1) is 0 Å². The minimum atomic E-state index is -1.46. The van der Waals surface area contributed by atoms with Crippen molar-refractivity contribution >= 4 is 18.6 Å². The summed E-state index contributed by atoms with van der Waals surface area (Å²) in [6.07, 6.45) is 0.616. The van der Waals surface area contributed by atoms with Gasteiger partial charge in [0, 0.05) is 6.23 Å². The van der Waals surface area contributed by atoms with Crippen LogP contribution in [-0.2, 0) is 4.43 Å². The molecule has 0 aliphatic carbocycles. The Hall–Kier alpha value is 0.134. The van der Waals surface area contributed by atoms with E-state index >= 15 is 0 Å². The average molecular weight is 143 g/mol. The normalized spacial score (nSPS) is 11.4. The molecule has 0 rings (SSSR count). The summed E-state index contributed by atoms with van der Waals surface area (Å²) < 4.78 is 5.31. The summed E-state index contributed by atoms with van der Waals surface area (Å²) in [5.74, 6) is 0. The Morgan fingerprint density at radius 1 is 1.75 bits per heavy atom. The van der Waals surface area contributed by atoms with Crippen LogP contribution in [0.15, 0.2) is 12.3 Å². The topological polar surface area (TPSA) is 9.23 Å². The molecule has 0 bridgehead atoms. The van der Waals surface area contributed by atoms with Crippen LogP contribution in [0.25, 0.3) is 0 Å². The maximum absolute atomic E-state index is 5.31. The summed E-state index contributed by atoms with van der Waals surface area (Å²) in [7, 11) is 1.77. The van der Waals surface area contributed by atoms with Gasteiger partial charge in [-0.1, -0.05) is 5.70 Å². The van der Waals surface area contributed by atoms with Gasteiger partial charge in [0.2, 0.25) is 8.32 Å². The first-order chi connectivity index (χ1) is 3.62. The number of hydrogen-bond acceptors (Lipinski definition) is 1. The molecule has 3 heteroatoms. The molecule has 45 valence electrons. The molecule has 8 heavy (non-hydrogen) atoms. The van der Waals surface area contributed by atoms with E-state index in [1.807, 2.05) is 5.70 Å². The lowest BCUT2D eigenvalue weighted by molar-refractivity contribution is 0.387. The summed E-state index contributed by atoms with van der Waals surface area (Å²) in [5.41, 5.74) is 1.91. The molecule has 0 amide bonds. The van der Waals surface area contributed by atoms with Gasteiger partial charge in [0.25, 0.3) is 0 Å². The van der Waals surface area contributed by atoms with Crippen LogP contribution in [0.5, 0.6) is 0 Å². The van der Waals surface area contributed by atoms with Crippen LogP contribution in [-0.4, -0.2) is 24.8 Å². The van der Waals surface area contributed by atoms with Gasteiger partial charge in [-0.2, -0.15) is 0 Å². The largest absolute Gasteiger partial charge is 0.418 e. The van der Waals surface area contributed by atoms with Gasteiger partial charge < -0.3 is 4.43 Å². The molecule has 0 saturated carbocycles. The first-order valence-corrected chi connectivity index (χ1v) is 6.24. The highest BCUT2D eigenvalue weighted by atomic mass is 28.4. The fourth-order valence-electron chi connectivity index (χ4n) is 0.245. The molecule has 3 radical (unpaired) electrons. The van der Waals surface area contributed by atoms with Crippen molar-refractivity contribution in [1.82, 2.24) is 0 Å². The monoisotopic (exact) mass is 143 g/mol. The van der Waals surface area contributed by atoms with Crippen LogP contribution < -0.4 is 0 Å². The van der Waals surface area contributed by atoms with Crippen LogP contribution in [0.1, 0.15) is 0 Å². The Morgan fingerprint density at radius 3 is 2.38 bits per heavy atom. The van der Waals surface area contributed by atoms with E-state index in [0.717, 1.165) is 0 Å². The molecule has 0 aliphatic rings. The molecular weight excluding hydrogens is 132 g/mol. The van der Waals surface area contributed by atoms with E-state index in [4.69, 9.17) is 4.43 Å². The second-order valence-electron chi connectivity index (χ2n) is 2.10. The molecule has 0 heterocycles. The van der Waals surface area contributed by atoms with E-state index in [1.165, 1.54) is 0 Å². The first kappa shape index (κ1) is 8.13. The van der Waals surface area contributed by atoms with Gasteiger partial charge in [0.05, 0.1) is 10.2 Å². The zero-order valence-corrected chi connectivity index (χ0v) is 7.40. The highest BCUT2D eigenvalue weighted by Crippen LogP contribution is 2.02. The summed E-state index contributed by atoms with van der Waals surface area (Å²) in [4.78, 5) is 0. The van der Waals surface area contributed by atoms with Crippen molar-refractivity contribution < 1.29 is 4.43 Å². The van der Waals surface area contributed by atoms with Gasteiger partial charge in [-0.25, -0.2) is 0 Å². The van der Waals surface area contributed by atoms with Gasteiger partial charge in [-0.15, -0.1) is 6.58 Å². The molecular formula is C5H11OSi2. The number of hydrogen-bond donors (Lipinski definition) is 0. The molecule has 0 fully saturated rings. The predicted molar refractivity (Wildman–Crippen MR) is 39.4 cm³/mol. The van der Waals surface area contributed by atoms with Crippen molar-refractivity contribution in [3.8, 4) is 0 Å². The van der Waals surface area contributed by atoms with Crippen molar-refractivity contribution in [2.45, 2.75) is 13.1 Å². The molecule has 1 nitrogen and oxygen atoms in total. The highest BCUT2D eigenvalue weighted by Gasteiger charge is 2.14. The lowest BCUT2D eigenvalue weighted by Gasteiger charge is -2.15. The quantitative estimate of drug-likeness (QED) is 0.537. The molecule has 0 N–H and O–H groups in total. The fourth-order valence-corrected chi connectivity index (χ4v) is 1.85. The first-order valence-electron chi connectivity index (χ1n) is 2.54. The summed E-state index contributed by atoms with van der Waals surface area (Å²) in [5, 5.41) is 0. The van der Waals surface area contributed by atoms with Gasteiger partial charge in [0.15, 0.2) is 0 Å². The van der Waals surface area contributed by atoms with Crippen molar-refractivity contribution in [2.75, 3.05) is 6.23 Å². The van der Waals surface area contributed by atoms with Gasteiger partial charge in [-0.05, 0) is 13.1 Å². The fraction of sp³-hybridized carbons (Fsp3) is 0.600. The molecule has 0 aromatic heterocycles. The smallest absolute Gasteiger partial charge is 0.209 e. The lowest BCUT2D eigenvalue weighted by atomic mass is 11.3. The molecule has 0 spiro atoms. The number of rotatable bonds is 3. The highest BCUT2D eigenvalue weighted by molar-refractivity contribution is 6.76. The lowest BCUT2D eigenvalue weighted by Crippen LogP contribution is -2.27. The molecule has 0 unspecified atom stereocenters. The molecule has 0 aliphatic heterocycles. The van der Waals surface area contributed by atoms with E-state index in [0.29, 0.717) is 6.23 Å². The molecule has 0 saturated heterocycles. The summed E-state index contributed by atoms with van der Waals surface area (Å²) >= 11 is 0. The Balaban J connectivity index is 3.53. The molecule has 0 atom stereocenters.